The Hall–Kier alpha value is -1.58. The van der Waals surface area contributed by atoms with Crippen molar-refractivity contribution in [3.05, 3.63) is 18.3 Å². The zero-order valence-corrected chi connectivity index (χ0v) is 21.9. The summed E-state index contributed by atoms with van der Waals surface area (Å²) in [5.74, 6) is 3.78. The highest BCUT2D eigenvalue weighted by Gasteiger charge is 2.33. The van der Waals surface area contributed by atoms with Gasteiger partial charge in [0.05, 0.1) is 18.7 Å². The number of pyridine rings is 1. The Bertz CT molecular complexity index is 673. The largest absolute Gasteiger partial charge is 0.478 e. The van der Waals surface area contributed by atoms with Crippen molar-refractivity contribution in [1.29, 1.82) is 0 Å². The number of carbonyl (C=O) groups is 1. The van der Waals surface area contributed by atoms with Crippen LogP contribution in [0.15, 0.2) is 18.3 Å². The third-order valence-corrected chi connectivity index (χ3v) is 8.30. The summed E-state index contributed by atoms with van der Waals surface area (Å²) in [6, 6.07) is 3.60. The van der Waals surface area contributed by atoms with Gasteiger partial charge in [0, 0.05) is 6.07 Å². The second-order valence-corrected chi connectivity index (χ2v) is 10.9. The number of esters is 1. The van der Waals surface area contributed by atoms with Crippen molar-refractivity contribution in [3.63, 3.8) is 0 Å². The van der Waals surface area contributed by atoms with Gasteiger partial charge in [0.15, 0.2) is 0 Å². The molecule has 34 heavy (non-hydrogen) atoms. The predicted molar refractivity (Wildman–Crippen MR) is 139 cm³/mol. The van der Waals surface area contributed by atoms with E-state index in [0.29, 0.717) is 18.2 Å². The van der Waals surface area contributed by atoms with Crippen LogP contribution in [-0.4, -0.2) is 17.6 Å². The van der Waals surface area contributed by atoms with Crippen LogP contribution in [0.5, 0.6) is 11.6 Å². The fourth-order valence-corrected chi connectivity index (χ4v) is 6.05. The zero-order chi connectivity index (χ0) is 24.0. The van der Waals surface area contributed by atoms with E-state index in [0.717, 1.165) is 37.0 Å². The van der Waals surface area contributed by atoms with Gasteiger partial charge in [-0.1, -0.05) is 78.1 Å². The van der Waals surface area contributed by atoms with Crippen molar-refractivity contribution in [2.75, 3.05) is 6.61 Å². The summed E-state index contributed by atoms with van der Waals surface area (Å²) in [4.78, 5) is 17.0. The number of unbranched alkanes of at least 4 members (excludes halogenated alkanes) is 6. The van der Waals surface area contributed by atoms with E-state index >= 15 is 0 Å². The van der Waals surface area contributed by atoms with Crippen LogP contribution < -0.4 is 9.47 Å². The van der Waals surface area contributed by atoms with Gasteiger partial charge in [-0.25, -0.2) is 4.98 Å². The SMILES string of the molecule is CCCCCCCC1CCC(C2CCC(C(=O)Oc3ccc(OCCCCC)nc3)CC2)CC1. The van der Waals surface area contributed by atoms with Crippen LogP contribution in [0.2, 0.25) is 0 Å². The Kier molecular flexibility index (Phi) is 12.3. The summed E-state index contributed by atoms with van der Waals surface area (Å²) in [5.41, 5.74) is 0. The third-order valence-electron chi connectivity index (χ3n) is 8.30. The zero-order valence-electron chi connectivity index (χ0n) is 21.9. The molecule has 4 heteroatoms. The highest BCUT2D eigenvalue weighted by molar-refractivity contribution is 5.75. The molecule has 4 nitrogen and oxygen atoms in total. The molecule has 1 heterocycles. The van der Waals surface area contributed by atoms with E-state index in [1.165, 1.54) is 89.9 Å². The predicted octanol–water partition coefficient (Wildman–Crippen LogP) is 8.53. The Balaban J connectivity index is 1.30. The lowest BCUT2D eigenvalue weighted by molar-refractivity contribution is -0.140. The molecule has 2 aliphatic rings. The topological polar surface area (TPSA) is 48.4 Å². The minimum atomic E-state index is -0.0800. The average molecular weight is 472 g/mol. The molecular formula is C30H49NO3. The summed E-state index contributed by atoms with van der Waals surface area (Å²) in [7, 11) is 0. The summed E-state index contributed by atoms with van der Waals surface area (Å²) >= 11 is 0. The second-order valence-electron chi connectivity index (χ2n) is 10.9. The lowest BCUT2D eigenvalue weighted by Crippen LogP contribution is -2.30. The number of hydrogen-bond acceptors (Lipinski definition) is 4. The lowest BCUT2D eigenvalue weighted by Gasteiger charge is -2.37. The van der Waals surface area contributed by atoms with Gasteiger partial charge in [-0.2, -0.15) is 0 Å². The first-order chi connectivity index (χ1) is 16.7. The average Bonchev–Trinajstić information content (AvgIpc) is 2.88. The number of nitrogens with zero attached hydrogens (tertiary/aromatic N) is 1. The summed E-state index contributed by atoms with van der Waals surface area (Å²) in [6.07, 6.45) is 23.5. The molecule has 2 fully saturated rings. The van der Waals surface area contributed by atoms with Gasteiger partial charge in [-0.3, -0.25) is 4.79 Å². The van der Waals surface area contributed by atoms with E-state index in [-0.39, 0.29) is 11.9 Å². The first-order valence-corrected chi connectivity index (χ1v) is 14.5. The third kappa shape index (κ3) is 9.23. The van der Waals surface area contributed by atoms with Crippen molar-refractivity contribution >= 4 is 5.97 Å². The number of aromatic nitrogens is 1. The van der Waals surface area contributed by atoms with E-state index in [1.807, 2.05) is 0 Å². The molecule has 0 N–H and O–H groups in total. The van der Waals surface area contributed by atoms with Gasteiger partial charge in [0.2, 0.25) is 5.88 Å². The standard InChI is InChI=1S/C30H49NO3/c1-3-5-7-8-9-11-24-12-14-25(15-13-24)26-16-18-27(19-17-26)30(32)34-28-20-21-29(31-23-28)33-22-10-6-4-2/h20-21,23-27H,3-19,22H2,1-2H3. The lowest BCUT2D eigenvalue weighted by atomic mass is 9.68. The fraction of sp³-hybridized carbons (Fsp3) is 0.800. The Morgan fingerprint density at radius 3 is 2.12 bits per heavy atom. The molecule has 2 saturated carbocycles. The second kappa shape index (κ2) is 15.4. The van der Waals surface area contributed by atoms with Crippen LogP contribution in [0, 0.1) is 23.7 Å². The van der Waals surface area contributed by atoms with Crippen molar-refractivity contribution in [2.45, 2.75) is 123 Å². The molecule has 0 aromatic carbocycles. The molecule has 0 radical (unpaired) electrons. The number of hydrogen-bond donors (Lipinski definition) is 0. The molecule has 0 saturated heterocycles. The van der Waals surface area contributed by atoms with Gasteiger partial charge in [-0.05, 0) is 68.8 Å². The molecular weight excluding hydrogens is 422 g/mol. The Morgan fingerprint density at radius 2 is 1.47 bits per heavy atom. The molecule has 3 rings (SSSR count). The minimum Gasteiger partial charge on any atom is -0.478 e. The van der Waals surface area contributed by atoms with Crippen LogP contribution in [0.3, 0.4) is 0 Å². The molecule has 2 aliphatic carbocycles. The van der Waals surface area contributed by atoms with Crippen molar-refractivity contribution in [1.82, 2.24) is 4.98 Å². The molecule has 1 aromatic heterocycles. The molecule has 0 amide bonds. The molecule has 0 atom stereocenters. The van der Waals surface area contributed by atoms with Crippen molar-refractivity contribution < 1.29 is 14.3 Å². The molecule has 192 valence electrons. The number of carbonyl (C=O) groups excluding carboxylic acids is 1. The number of rotatable bonds is 14. The first-order valence-electron chi connectivity index (χ1n) is 14.5. The smallest absolute Gasteiger partial charge is 0.314 e. The van der Waals surface area contributed by atoms with Gasteiger partial charge in [-0.15, -0.1) is 0 Å². The highest BCUT2D eigenvalue weighted by Crippen LogP contribution is 2.42. The normalized spacial score (nSPS) is 25.1. The maximum Gasteiger partial charge on any atom is 0.314 e. The van der Waals surface area contributed by atoms with E-state index in [4.69, 9.17) is 9.47 Å². The summed E-state index contributed by atoms with van der Waals surface area (Å²) in [5, 5.41) is 0. The summed E-state index contributed by atoms with van der Waals surface area (Å²) < 4.78 is 11.3. The van der Waals surface area contributed by atoms with E-state index in [9.17, 15) is 4.79 Å². The summed E-state index contributed by atoms with van der Waals surface area (Å²) in [6.45, 7) is 5.15. The van der Waals surface area contributed by atoms with Crippen LogP contribution in [0.1, 0.15) is 123 Å². The van der Waals surface area contributed by atoms with Crippen LogP contribution >= 0.6 is 0 Å². The minimum absolute atomic E-state index is 0.0423. The van der Waals surface area contributed by atoms with Gasteiger partial charge >= 0.3 is 5.97 Å². The van der Waals surface area contributed by atoms with Crippen molar-refractivity contribution in [3.8, 4) is 11.6 Å². The molecule has 1 aromatic rings. The van der Waals surface area contributed by atoms with Crippen molar-refractivity contribution in [2.24, 2.45) is 23.7 Å². The maximum atomic E-state index is 12.7. The van der Waals surface area contributed by atoms with Crippen LogP contribution in [0.25, 0.3) is 0 Å². The molecule has 0 bridgehead atoms. The van der Waals surface area contributed by atoms with Gasteiger partial charge in [0.1, 0.15) is 5.75 Å². The molecule has 0 spiro atoms. The Morgan fingerprint density at radius 1 is 0.824 bits per heavy atom. The maximum absolute atomic E-state index is 12.7. The fourth-order valence-electron chi connectivity index (χ4n) is 6.05. The van der Waals surface area contributed by atoms with E-state index in [2.05, 4.69) is 18.8 Å². The number of ether oxygens (including phenoxy) is 2. The van der Waals surface area contributed by atoms with Crippen LogP contribution in [0.4, 0.5) is 0 Å². The van der Waals surface area contributed by atoms with E-state index in [1.54, 1.807) is 18.3 Å². The van der Waals surface area contributed by atoms with Gasteiger partial charge in [0.25, 0.3) is 0 Å². The van der Waals surface area contributed by atoms with E-state index < -0.39 is 0 Å². The highest BCUT2D eigenvalue weighted by atomic mass is 16.5. The quantitative estimate of drug-likeness (QED) is 0.201. The first kappa shape index (κ1) is 27.0. The Labute approximate surface area is 208 Å². The monoisotopic (exact) mass is 471 g/mol. The van der Waals surface area contributed by atoms with Gasteiger partial charge < -0.3 is 9.47 Å². The van der Waals surface area contributed by atoms with Crippen LogP contribution in [-0.2, 0) is 4.79 Å². The molecule has 0 unspecified atom stereocenters. The molecule has 0 aliphatic heterocycles.